The molecular formula is C28H34F3N5O4. The molecule has 0 saturated carbocycles. The first-order valence-electron chi connectivity index (χ1n) is 13.3. The normalized spacial score (nSPS) is 16.1. The molecule has 1 aliphatic rings. The maximum Gasteiger partial charge on any atom is 0.573 e. The summed E-state index contributed by atoms with van der Waals surface area (Å²) < 4.78 is 48.8. The fraction of sp³-hybridized carbons (Fsp3) is 0.500. The van der Waals surface area contributed by atoms with Gasteiger partial charge in [0, 0.05) is 38.7 Å². The van der Waals surface area contributed by atoms with Crippen molar-refractivity contribution in [3.8, 4) is 5.75 Å². The van der Waals surface area contributed by atoms with Gasteiger partial charge >= 0.3 is 12.5 Å². The number of hydrogen-bond acceptors (Lipinski definition) is 6. The van der Waals surface area contributed by atoms with Crippen LogP contribution in [0.15, 0.2) is 42.6 Å². The van der Waals surface area contributed by atoms with Crippen LogP contribution in [0.1, 0.15) is 51.4 Å². The van der Waals surface area contributed by atoms with Crippen molar-refractivity contribution >= 4 is 23.2 Å². The van der Waals surface area contributed by atoms with E-state index < -0.39 is 12.0 Å². The maximum absolute atomic E-state index is 12.7. The van der Waals surface area contributed by atoms with Gasteiger partial charge in [0.2, 0.25) is 5.91 Å². The van der Waals surface area contributed by atoms with E-state index >= 15 is 0 Å². The number of piperidine rings is 1. The Bertz CT molecular complexity index is 1320. The summed E-state index contributed by atoms with van der Waals surface area (Å²) in [4.78, 5) is 35.9. The van der Waals surface area contributed by atoms with Gasteiger partial charge in [0.1, 0.15) is 22.7 Å². The quantitative estimate of drug-likeness (QED) is 0.412. The topological polar surface area (TPSA) is 98.6 Å². The van der Waals surface area contributed by atoms with Crippen molar-refractivity contribution in [2.75, 3.05) is 19.6 Å². The third kappa shape index (κ3) is 8.33. The molecule has 2 amide bonds. The number of rotatable bonds is 8. The largest absolute Gasteiger partial charge is 0.573 e. The number of carbonyl (C=O) groups is 2. The molecule has 1 fully saturated rings. The molecule has 4 rings (SSSR count). The number of amides is 2. The van der Waals surface area contributed by atoms with Crippen molar-refractivity contribution in [1.29, 1.82) is 0 Å². The van der Waals surface area contributed by atoms with Gasteiger partial charge in [0.05, 0.1) is 6.54 Å². The highest BCUT2D eigenvalue weighted by atomic mass is 19.4. The zero-order valence-electron chi connectivity index (χ0n) is 22.8. The number of nitrogens with one attached hydrogen (secondary N) is 1. The van der Waals surface area contributed by atoms with Gasteiger partial charge in [-0.25, -0.2) is 14.8 Å². The maximum atomic E-state index is 12.7. The van der Waals surface area contributed by atoms with Crippen LogP contribution in [0, 0.1) is 5.92 Å². The minimum absolute atomic E-state index is 0.130. The molecule has 1 N–H and O–H groups in total. The standard InChI is InChI=1S/C28H34F3N5O4/c1-27(2,3)40-26(38)35-15-5-6-20(17-35)16-33-24(37)13-12-23-34-22-7-4-14-32-25(22)36(23)18-19-8-10-21(11-9-19)39-28(29,30)31/h4,7-11,14,20H,5-6,12-13,15-18H2,1-3H3,(H,33,37)/t20-/m1/s1. The van der Waals surface area contributed by atoms with Gasteiger partial charge in [0.25, 0.3) is 0 Å². The lowest BCUT2D eigenvalue weighted by Gasteiger charge is -2.34. The van der Waals surface area contributed by atoms with E-state index in [0.29, 0.717) is 49.6 Å². The average molecular weight is 562 g/mol. The number of aryl methyl sites for hydroxylation is 1. The number of ether oxygens (including phenoxy) is 2. The van der Waals surface area contributed by atoms with Crippen LogP contribution in [0.2, 0.25) is 0 Å². The van der Waals surface area contributed by atoms with Gasteiger partial charge in [-0.15, -0.1) is 13.2 Å². The Balaban J connectivity index is 1.34. The second kappa shape index (κ2) is 12.1. The van der Waals surface area contributed by atoms with Crippen molar-refractivity contribution < 1.29 is 32.2 Å². The molecule has 216 valence electrons. The molecule has 1 aromatic carbocycles. The van der Waals surface area contributed by atoms with E-state index in [1.54, 1.807) is 29.3 Å². The predicted molar refractivity (Wildman–Crippen MR) is 142 cm³/mol. The number of carbonyl (C=O) groups excluding carboxylic acids is 2. The van der Waals surface area contributed by atoms with Crippen LogP contribution in [-0.4, -0.2) is 63.0 Å². The van der Waals surface area contributed by atoms with Crippen molar-refractivity contribution in [2.45, 2.75) is 65.0 Å². The minimum atomic E-state index is -4.76. The van der Waals surface area contributed by atoms with Crippen LogP contribution >= 0.6 is 0 Å². The molecule has 0 radical (unpaired) electrons. The van der Waals surface area contributed by atoms with Crippen LogP contribution in [-0.2, 0) is 22.5 Å². The van der Waals surface area contributed by atoms with E-state index in [0.717, 1.165) is 18.4 Å². The molecule has 1 aliphatic heterocycles. The number of benzene rings is 1. The van der Waals surface area contributed by atoms with Gasteiger partial charge in [-0.1, -0.05) is 12.1 Å². The molecule has 2 aromatic heterocycles. The van der Waals surface area contributed by atoms with Gasteiger partial charge < -0.3 is 24.3 Å². The van der Waals surface area contributed by atoms with Crippen LogP contribution in [0.3, 0.4) is 0 Å². The van der Waals surface area contributed by atoms with Crippen LogP contribution in [0.4, 0.5) is 18.0 Å². The van der Waals surface area contributed by atoms with E-state index in [4.69, 9.17) is 4.74 Å². The van der Waals surface area contributed by atoms with E-state index in [9.17, 15) is 22.8 Å². The van der Waals surface area contributed by atoms with Crippen LogP contribution in [0.5, 0.6) is 5.75 Å². The number of likely N-dealkylation sites (tertiary alicyclic amines) is 1. The molecule has 1 atom stereocenters. The van der Waals surface area contributed by atoms with E-state index in [2.05, 4.69) is 20.0 Å². The fourth-order valence-corrected chi connectivity index (χ4v) is 4.64. The number of pyridine rings is 1. The van der Waals surface area contributed by atoms with Crippen LogP contribution in [0.25, 0.3) is 11.2 Å². The zero-order chi connectivity index (χ0) is 28.9. The lowest BCUT2D eigenvalue weighted by Crippen LogP contribution is -2.45. The van der Waals surface area contributed by atoms with Crippen LogP contribution < -0.4 is 10.1 Å². The summed E-state index contributed by atoms with van der Waals surface area (Å²) in [6.45, 7) is 7.45. The highest BCUT2D eigenvalue weighted by molar-refractivity contribution is 5.76. The second-order valence-corrected chi connectivity index (χ2v) is 10.9. The highest BCUT2D eigenvalue weighted by Gasteiger charge is 2.31. The van der Waals surface area contributed by atoms with Gasteiger partial charge in [-0.05, 0) is 69.4 Å². The Kier molecular flexibility index (Phi) is 8.85. The molecule has 0 aliphatic carbocycles. The Morgan fingerprint density at radius 2 is 1.88 bits per heavy atom. The summed E-state index contributed by atoms with van der Waals surface area (Å²) in [6.07, 6.45) is -1.14. The fourth-order valence-electron chi connectivity index (χ4n) is 4.64. The number of fused-ring (bicyclic) bond motifs is 1. The van der Waals surface area contributed by atoms with E-state index in [-0.39, 0.29) is 30.1 Å². The summed E-state index contributed by atoms with van der Waals surface area (Å²) in [5, 5.41) is 2.98. The molecular weight excluding hydrogens is 527 g/mol. The Hall–Kier alpha value is -3.83. The van der Waals surface area contributed by atoms with E-state index in [1.807, 2.05) is 31.4 Å². The SMILES string of the molecule is CC(C)(C)OC(=O)N1CCC[C@H](CNC(=O)CCc2nc3cccnc3n2Cc2ccc(OC(F)(F)F)cc2)C1. The van der Waals surface area contributed by atoms with Gasteiger partial charge in [-0.2, -0.15) is 0 Å². The molecule has 0 unspecified atom stereocenters. The molecule has 3 aromatic rings. The van der Waals surface area contributed by atoms with Gasteiger partial charge in [0.15, 0.2) is 5.65 Å². The minimum Gasteiger partial charge on any atom is -0.444 e. The van der Waals surface area contributed by atoms with Crippen molar-refractivity contribution in [3.05, 3.63) is 54.0 Å². The Morgan fingerprint density at radius 3 is 2.58 bits per heavy atom. The number of nitrogens with zero attached hydrogens (tertiary/aromatic N) is 4. The predicted octanol–water partition coefficient (Wildman–Crippen LogP) is 5.07. The molecule has 3 heterocycles. The highest BCUT2D eigenvalue weighted by Crippen LogP contribution is 2.24. The number of aromatic nitrogens is 3. The van der Waals surface area contributed by atoms with Crippen molar-refractivity contribution in [2.24, 2.45) is 5.92 Å². The molecule has 9 nitrogen and oxygen atoms in total. The monoisotopic (exact) mass is 561 g/mol. The first-order chi connectivity index (χ1) is 18.9. The van der Waals surface area contributed by atoms with Crippen molar-refractivity contribution in [3.63, 3.8) is 0 Å². The molecule has 12 heteroatoms. The average Bonchev–Trinajstić information content (AvgIpc) is 3.23. The summed E-state index contributed by atoms with van der Waals surface area (Å²) >= 11 is 0. The lowest BCUT2D eigenvalue weighted by molar-refractivity contribution is -0.274. The molecule has 1 saturated heterocycles. The second-order valence-electron chi connectivity index (χ2n) is 10.9. The summed E-state index contributed by atoms with van der Waals surface area (Å²) in [6, 6.07) is 9.22. The Labute approximate surface area is 230 Å². The third-order valence-corrected chi connectivity index (χ3v) is 6.41. The van der Waals surface area contributed by atoms with Gasteiger partial charge in [-0.3, -0.25) is 4.79 Å². The summed E-state index contributed by atoms with van der Waals surface area (Å²) in [5.74, 6) is 0.361. The summed E-state index contributed by atoms with van der Waals surface area (Å²) in [5.41, 5.74) is 1.46. The first kappa shape index (κ1) is 29.2. The smallest absolute Gasteiger partial charge is 0.444 e. The Morgan fingerprint density at radius 1 is 1.12 bits per heavy atom. The molecule has 40 heavy (non-hydrogen) atoms. The van der Waals surface area contributed by atoms with Crippen molar-refractivity contribution in [1.82, 2.24) is 24.8 Å². The number of imidazole rings is 1. The zero-order valence-corrected chi connectivity index (χ0v) is 22.8. The third-order valence-electron chi connectivity index (χ3n) is 6.41. The number of hydrogen-bond donors (Lipinski definition) is 1. The number of halogens is 3. The summed E-state index contributed by atoms with van der Waals surface area (Å²) in [7, 11) is 0. The number of alkyl halides is 3. The lowest BCUT2D eigenvalue weighted by atomic mass is 9.98. The molecule has 0 bridgehead atoms. The van der Waals surface area contributed by atoms with E-state index in [1.165, 1.54) is 12.1 Å². The molecule has 0 spiro atoms. The first-order valence-corrected chi connectivity index (χ1v) is 13.3.